The van der Waals surface area contributed by atoms with E-state index in [0.29, 0.717) is 13.2 Å². The zero-order chi connectivity index (χ0) is 14.8. The summed E-state index contributed by atoms with van der Waals surface area (Å²) in [6.45, 7) is 4.98. The molecule has 2 N–H and O–H groups in total. The maximum Gasteiger partial charge on any atom is 0.147 e. The van der Waals surface area contributed by atoms with Crippen LogP contribution in [0.3, 0.4) is 0 Å². The first-order chi connectivity index (χ1) is 10.2. The Morgan fingerprint density at radius 1 is 1.05 bits per heavy atom. The minimum absolute atomic E-state index is 0.394. The van der Waals surface area contributed by atoms with Crippen LogP contribution >= 0.6 is 0 Å². The van der Waals surface area contributed by atoms with Crippen molar-refractivity contribution in [3.63, 3.8) is 0 Å². The van der Waals surface area contributed by atoms with Crippen LogP contribution in [0.1, 0.15) is 22.5 Å². The van der Waals surface area contributed by atoms with E-state index in [0.717, 1.165) is 33.6 Å². The van der Waals surface area contributed by atoms with Gasteiger partial charge in [-0.2, -0.15) is 0 Å². The van der Waals surface area contributed by atoms with Crippen molar-refractivity contribution in [2.24, 2.45) is 5.73 Å². The molecule has 3 heteroatoms. The lowest BCUT2D eigenvalue weighted by Crippen LogP contribution is -2.03. The Balaban J connectivity index is 1.90. The fourth-order valence-corrected chi connectivity index (χ4v) is 2.51. The Morgan fingerprint density at radius 3 is 2.67 bits per heavy atom. The van der Waals surface area contributed by atoms with Crippen LogP contribution in [-0.4, -0.2) is 0 Å². The predicted molar refractivity (Wildman–Crippen MR) is 84.4 cm³/mol. The molecule has 0 aliphatic heterocycles. The molecule has 0 atom stereocenters. The highest BCUT2D eigenvalue weighted by molar-refractivity contribution is 5.82. The van der Waals surface area contributed by atoms with E-state index in [2.05, 4.69) is 19.9 Å². The van der Waals surface area contributed by atoms with Crippen LogP contribution in [-0.2, 0) is 13.2 Å². The quantitative estimate of drug-likeness (QED) is 0.783. The minimum Gasteiger partial charge on any atom is -0.485 e. The van der Waals surface area contributed by atoms with Crippen molar-refractivity contribution in [2.75, 3.05) is 0 Å². The van der Waals surface area contributed by atoms with Crippen molar-refractivity contribution in [1.29, 1.82) is 0 Å². The second-order valence-corrected chi connectivity index (χ2v) is 5.19. The van der Waals surface area contributed by atoms with Gasteiger partial charge in [0.05, 0.1) is 0 Å². The average Bonchev–Trinajstić information content (AvgIpc) is 2.86. The smallest absolute Gasteiger partial charge is 0.147 e. The summed E-state index contributed by atoms with van der Waals surface area (Å²) in [5.74, 6) is 1.69. The zero-order valence-electron chi connectivity index (χ0n) is 12.3. The molecule has 2 aromatic carbocycles. The second-order valence-electron chi connectivity index (χ2n) is 5.19. The Morgan fingerprint density at radius 2 is 1.86 bits per heavy atom. The Hall–Kier alpha value is -2.26. The van der Waals surface area contributed by atoms with E-state index < -0.39 is 0 Å². The molecule has 0 aliphatic rings. The number of rotatable bonds is 4. The largest absolute Gasteiger partial charge is 0.485 e. The SMILES string of the molecule is Cc1cccc(OCc2oc3ccccc3c2CN)c1C. The lowest BCUT2D eigenvalue weighted by Gasteiger charge is -2.10. The fourth-order valence-electron chi connectivity index (χ4n) is 2.51. The van der Waals surface area contributed by atoms with E-state index in [1.807, 2.05) is 36.4 Å². The molecule has 0 saturated carbocycles. The number of fused-ring (bicyclic) bond motifs is 1. The van der Waals surface area contributed by atoms with Crippen molar-refractivity contribution in [3.05, 3.63) is 64.9 Å². The van der Waals surface area contributed by atoms with E-state index in [4.69, 9.17) is 14.9 Å². The van der Waals surface area contributed by atoms with Gasteiger partial charge < -0.3 is 14.9 Å². The topological polar surface area (TPSA) is 48.4 Å². The number of ether oxygens (including phenoxy) is 1. The lowest BCUT2D eigenvalue weighted by atomic mass is 10.1. The molecule has 1 heterocycles. The number of para-hydroxylation sites is 1. The first-order valence-corrected chi connectivity index (χ1v) is 7.09. The third kappa shape index (κ3) is 2.52. The van der Waals surface area contributed by atoms with Crippen LogP contribution in [0.2, 0.25) is 0 Å². The summed E-state index contributed by atoms with van der Waals surface area (Å²) in [4.78, 5) is 0. The van der Waals surface area contributed by atoms with E-state index in [9.17, 15) is 0 Å². The molecule has 3 aromatic rings. The molecule has 3 nitrogen and oxygen atoms in total. The standard InChI is InChI=1S/C18H19NO2/c1-12-6-5-9-16(13(12)2)20-11-18-15(10-19)14-7-3-4-8-17(14)21-18/h3-9H,10-11,19H2,1-2H3. The summed E-state index contributed by atoms with van der Waals surface area (Å²) in [6, 6.07) is 14.0. The van der Waals surface area contributed by atoms with Crippen LogP contribution in [0.4, 0.5) is 0 Å². The summed E-state index contributed by atoms with van der Waals surface area (Å²) in [7, 11) is 0. The third-order valence-electron chi connectivity index (χ3n) is 3.90. The van der Waals surface area contributed by atoms with Gasteiger partial charge in [-0.05, 0) is 37.1 Å². The Labute approximate surface area is 124 Å². The molecular weight excluding hydrogens is 262 g/mol. The molecule has 0 spiro atoms. The van der Waals surface area contributed by atoms with Crippen molar-refractivity contribution in [3.8, 4) is 5.75 Å². The molecule has 0 amide bonds. The van der Waals surface area contributed by atoms with E-state index in [1.165, 1.54) is 5.56 Å². The number of benzene rings is 2. The molecular formula is C18H19NO2. The molecule has 0 unspecified atom stereocenters. The number of hydrogen-bond acceptors (Lipinski definition) is 3. The van der Waals surface area contributed by atoms with Gasteiger partial charge in [0.2, 0.25) is 0 Å². The highest BCUT2D eigenvalue weighted by atomic mass is 16.5. The monoisotopic (exact) mass is 281 g/mol. The van der Waals surface area contributed by atoms with Gasteiger partial charge in [-0.25, -0.2) is 0 Å². The van der Waals surface area contributed by atoms with Gasteiger partial charge >= 0.3 is 0 Å². The molecule has 0 fully saturated rings. The number of aryl methyl sites for hydroxylation is 1. The van der Waals surface area contributed by atoms with Crippen molar-refractivity contribution in [2.45, 2.75) is 27.0 Å². The molecule has 1 aromatic heterocycles. The molecule has 3 rings (SSSR count). The molecule has 0 radical (unpaired) electrons. The summed E-state index contributed by atoms with van der Waals surface area (Å²) < 4.78 is 11.8. The van der Waals surface area contributed by atoms with Gasteiger partial charge in [0.1, 0.15) is 23.7 Å². The van der Waals surface area contributed by atoms with Gasteiger partial charge in [-0.15, -0.1) is 0 Å². The van der Waals surface area contributed by atoms with E-state index in [-0.39, 0.29) is 0 Å². The molecule has 0 bridgehead atoms. The maximum atomic E-state index is 5.93. The van der Waals surface area contributed by atoms with Gasteiger partial charge in [0.15, 0.2) is 0 Å². The lowest BCUT2D eigenvalue weighted by molar-refractivity contribution is 0.271. The van der Waals surface area contributed by atoms with Gasteiger partial charge in [0, 0.05) is 17.5 Å². The first-order valence-electron chi connectivity index (χ1n) is 7.09. The Kier molecular flexibility index (Phi) is 3.67. The van der Waals surface area contributed by atoms with Crippen LogP contribution in [0.15, 0.2) is 46.9 Å². The first kappa shape index (κ1) is 13.7. The normalized spacial score (nSPS) is 11.0. The van der Waals surface area contributed by atoms with Crippen LogP contribution in [0.5, 0.6) is 5.75 Å². The number of hydrogen-bond donors (Lipinski definition) is 1. The van der Waals surface area contributed by atoms with Crippen LogP contribution in [0, 0.1) is 13.8 Å². The Bertz CT molecular complexity index is 774. The molecule has 0 saturated heterocycles. The fraction of sp³-hybridized carbons (Fsp3) is 0.222. The van der Waals surface area contributed by atoms with E-state index in [1.54, 1.807) is 0 Å². The predicted octanol–water partition coefficient (Wildman–Crippen LogP) is 4.09. The number of nitrogens with two attached hydrogens (primary N) is 1. The average molecular weight is 281 g/mol. The van der Waals surface area contributed by atoms with Gasteiger partial charge in [0.25, 0.3) is 0 Å². The number of furan rings is 1. The maximum absolute atomic E-state index is 5.93. The highest BCUT2D eigenvalue weighted by Gasteiger charge is 2.13. The van der Waals surface area contributed by atoms with Crippen molar-refractivity contribution >= 4 is 11.0 Å². The van der Waals surface area contributed by atoms with Crippen LogP contribution < -0.4 is 10.5 Å². The van der Waals surface area contributed by atoms with Crippen molar-refractivity contribution in [1.82, 2.24) is 0 Å². The molecule has 108 valence electrons. The highest BCUT2D eigenvalue weighted by Crippen LogP contribution is 2.28. The second kappa shape index (κ2) is 5.62. The zero-order valence-corrected chi connectivity index (χ0v) is 12.3. The molecule has 21 heavy (non-hydrogen) atoms. The summed E-state index contributed by atoms with van der Waals surface area (Å²) in [5.41, 5.74) is 10.1. The van der Waals surface area contributed by atoms with Crippen molar-refractivity contribution < 1.29 is 9.15 Å². The van der Waals surface area contributed by atoms with Gasteiger partial charge in [-0.3, -0.25) is 0 Å². The van der Waals surface area contributed by atoms with Crippen LogP contribution in [0.25, 0.3) is 11.0 Å². The summed E-state index contributed by atoms with van der Waals surface area (Å²) in [6.07, 6.45) is 0. The third-order valence-corrected chi connectivity index (χ3v) is 3.90. The van der Waals surface area contributed by atoms with E-state index >= 15 is 0 Å². The van der Waals surface area contributed by atoms with Gasteiger partial charge in [-0.1, -0.05) is 30.3 Å². The minimum atomic E-state index is 0.394. The summed E-state index contributed by atoms with van der Waals surface area (Å²) in [5, 5.41) is 1.07. The summed E-state index contributed by atoms with van der Waals surface area (Å²) >= 11 is 0. The molecule has 0 aliphatic carbocycles.